The average molecular weight is 317 g/mol. The molecule has 22 heavy (non-hydrogen) atoms. The van der Waals surface area contributed by atoms with Crippen LogP contribution in [0.4, 0.5) is 5.69 Å². The van der Waals surface area contributed by atoms with E-state index in [0.29, 0.717) is 22.6 Å². The summed E-state index contributed by atoms with van der Waals surface area (Å²) in [5.41, 5.74) is 0.923. The minimum atomic E-state index is -3.63. The molecule has 0 saturated heterocycles. The standard InChI is InChI=1S/C17H19NO3S/c1-13-7-3-6-10-16(13)22(20,21)18-12-11-17(2,19)14-8-4-5-9-15(14)18/h3-10,19H,11-12H2,1-2H3. The molecular weight excluding hydrogens is 298 g/mol. The Morgan fingerprint density at radius 3 is 2.45 bits per heavy atom. The first kappa shape index (κ1) is 15.1. The molecular formula is C17H19NO3S. The van der Waals surface area contributed by atoms with Gasteiger partial charge in [0.1, 0.15) is 0 Å². The van der Waals surface area contributed by atoms with E-state index < -0.39 is 15.6 Å². The Bertz CT molecular complexity index is 812. The molecule has 1 heterocycles. The highest BCUT2D eigenvalue weighted by atomic mass is 32.2. The van der Waals surface area contributed by atoms with Gasteiger partial charge in [-0.2, -0.15) is 0 Å². The van der Waals surface area contributed by atoms with Crippen molar-refractivity contribution in [1.29, 1.82) is 0 Å². The number of hydrogen-bond donors (Lipinski definition) is 1. The number of para-hydroxylation sites is 1. The van der Waals surface area contributed by atoms with Gasteiger partial charge < -0.3 is 5.11 Å². The summed E-state index contributed by atoms with van der Waals surface area (Å²) in [6.07, 6.45) is 0.370. The first-order valence-electron chi connectivity index (χ1n) is 7.24. The smallest absolute Gasteiger partial charge is 0.264 e. The van der Waals surface area contributed by atoms with E-state index in [4.69, 9.17) is 0 Å². The van der Waals surface area contributed by atoms with Gasteiger partial charge in [-0.15, -0.1) is 0 Å². The molecule has 0 amide bonds. The fourth-order valence-corrected chi connectivity index (χ4v) is 4.65. The summed E-state index contributed by atoms with van der Waals surface area (Å²) < 4.78 is 27.5. The molecule has 0 spiro atoms. The predicted octanol–water partition coefficient (Wildman–Crippen LogP) is 2.80. The van der Waals surface area contributed by atoms with Gasteiger partial charge in [0, 0.05) is 12.1 Å². The van der Waals surface area contributed by atoms with Crippen LogP contribution in [0.3, 0.4) is 0 Å². The number of rotatable bonds is 2. The van der Waals surface area contributed by atoms with Gasteiger partial charge in [-0.25, -0.2) is 8.42 Å². The van der Waals surface area contributed by atoms with Crippen LogP contribution < -0.4 is 4.31 Å². The van der Waals surface area contributed by atoms with Crippen LogP contribution in [-0.2, 0) is 15.6 Å². The van der Waals surface area contributed by atoms with Crippen LogP contribution >= 0.6 is 0 Å². The lowest BCUT2D eigenvalue weighted by Crippen LogP contribution is -2.42. The summed E-state index contributed by atoms with van der Waals surface area (Å²) in [5, 5.41) is 10.5. The summed E-state index contributed by atoms with van der Waals surface area (Å²) in [5.74, 6) is 0. The van der Waals surface area contributed by atoms with Crippen LogP contribution in [0.15, 0.2) is 53.4 Å². The van der Waals surface area contributed by atoms with Gasteiger partial charge >= 0.3 is 0 Å². The molecule has 1 aliphatic rings. The molecule has 1 atom stereocenters. The third kappa shape index (κ3) is 2.30. The zero-order valence-electron chi connectivity index (χ0n) is 12.7. The number of nitrogens with zero attached hydrogens (tertiary/aromatic N) is 1. The quantitative estimate of drug-likeness (QED) is 0.926. The van der Waals surface area contributed by atoms with Crippen molar-refractivity contribution in [3.8, 4) is 0 Å². The Hall–Kier alpha value is -1.85. The number of hydrogen-bond acceptors (Lipinski definition) is 3. The predicted molar refractivity (Wildman–Crippen MR) is 86.3 cm³/mol. The Morgan fingerprint density at radius 2 is 1.73 bits per heavy atom. The topological polar surface area (TPSA) is 57.6 Å². The number of aryl methyl sites for hydroxylation is 1. The third-order valence-electron chi connectivity index (χ3n) is 4.22. The van der Waals surface area contributed by atoms with Gasteiger partial charge in [0.25, 0.3) is 10.0 Å². The molecule has 1 unspecified atom stereocenters. The highest BCUT2D eigenvalue weighted by Gasteiger charge is 2.38. The first-order valence-corrected chi connectivity index (χ1v) is 8.68. The van der Waals surface area contributed by atoms with Crippen LogP contribution in [0.2, 0.25) is 0 Å². The molecule has 0 bridgehead atoms. The van der Waals surface area contributed by atoms with E-state index in [2.05, 4.69) is 0 Å². The number of fused-ring (bicyclic) bond motifs is 1. The highest BCUT2D eigenvalue weighted by Crippen LogP contribution is 2.40. The SMILES string of the molecule is Cc1ccccc1S(=O)(=O)N1CCC(C)(O)c2ccccc21. The zero-order chi connectivity index (χ0) is 16.0. The minimum Gasteiger partial charge on any atom is -0.385 e. The molecule has 0 aromatic heterocycles. The van der Waals surface area contributed by atoms with Gasteiger partial charge in [-0.1, -0.05) is 36.4 Å². The number of aliphatic hydroxyl groups is 1. The fraction of sp³-hybridized carbons (Fsp3) is 0.294. The Morgan fingerprint density at radius 1 is 1.09 bits per heavy atom. The molecule has 1 aliphatic heterocycles. The van der Waals surface area contributed by atoms with Crippen molar-refractivity contribution in [2.45, 2.75) is 30.8 Å². The summed E-state index contributed by atoms with van der Waals surface area (Å²) in [6, 6.07) is 14.1. The van der Waals surface area contributed by atoms with Crippen molar-refractivity contribution in [3.63, 3.8) is 0 Å². The third-order valence-corrected chi connectivity index (χ3v) is 6.19. The zero-order valence-corrected chi connectivity index (χ0v) is 13.5. The Kier molecular flexibility index (Phi) is 3.50. The van der Waals surface area contributed by atoms with Crippen LogP contribution in [0.5, 0.6) is 0 Å². The second-order valence-electron chi connectivity index (χ2n) is 5.88. The first-order chi connectivity index (χ1) is 10.3. The maximum Gasteiger partial charge on any atom is 0.264 e. The highest BCUT2D eigenvalue weighted by molar-refractivity contribution is 7.92. The van der Waals surface area contributed by atoms with Crippen molar-refractivity contribution >= 4 is 15.7 Å². The maximum absolute atomic E-state index is 13.0. The van der Waals surface area contributed by atoms with Gasteiger partial charge in [0.2, 0.25) is 0 Å². The molecule has 5 heteroatoms. The molecule has 2 aromatic carbocycles. The molecule has 0 radical (unpaired) electrons. The van der Waals surface area contributed by atoms with E-state index >= 15 is 0 Å². The van der Waals surface area contributed by atoms with Crippen molar-refractivity contribution in [2.75, 3.05) is 10.8 Å². The summed E-state index contributed by atoms with van der Waals surface area (Å²) >= 11 is 0. The molecule has 2 aromatic rings. The van der Waals surface area contributed by atoms with E-state index in [1.165, 1.54) is 4.31 Å². The molecule has 0 saturated carbocycles. The monoisotopic (exact) mass is 317 g/mol. The lowest BCUT2D eigenvalue weighted by atomic mass is 9.88. The van der Waals surface area contributed by atoms with Crippen LogP contribution in [0, 0.1) is 6.92 Å². The average Bonchev–Trinajstić information content (AvgIpc) is 2.47. The second kappa shape index (κ2) is 5.11. The van der Waals surface area contributed by atoms with E-state index in [1.54, 1.807) is 50.2 Å². The van der Waals surface area contributed by atoms with Crippen molar-refractivity contribution in [1.82, 2.24) is 0 Å². The molecule has 4 nitrogen and oxygen atoms in total. The van der Waals surface area contributed by atoms with Gasteiger partial charge in [0.05, 0.1) is 16.2 Å². The van der Waals surface area contributed by atoms with E-state index in [0.717, 1.165) is 5.56 Å². The summed E-state index contributed by atoms with van der Waals surface area (Å²) in [7, 11) is -3.63. The Balaban J connectivity index is 2.16. The maximum atomic E-state index is 13.0. The molecule has 116 valence electrons. The van der Waals surface area contributed by atoms with Crippen molar-refractivity contribution < 1.29 is 13.5 Å². The van der Waals surface area contributed by atoms with Crippen molar-refractivity contribution in [3.05, 3.63) is 59.7 Å². The Labute approximate surface area is 131 Å². The van der Waals surface area contributed by atoms with Crippen LogP contribution in [0.1, 0.15) is 24.5 Å². The molecule has 0 aliphatic carbocycles. The number of sulfonamides is 1. The van der Waals surface area contributed by atoms with Crippen molar-refractivity contribution in [2.24, 2.45) is 0 Å². The largest absolute Gasteiger partial charge is 0.385 e. The lowest BCUT2D eigenvalue weighted by Gasteiger charge is -2.38. The van der Waals surface area contributed by atoms with Gasteiger partial charge in [0.15, 0.2) is 0 Å². The van der Waals surface area contributed by atoms with E-state index in [9.17, 15) is 13.5 Å². The summed E-state index contributed by atoms with van der Waals surface area (Å²) in [6.45, 7) is 3.78. The minimum absolute atomic E-state index is 0.265. The lowest BCUT2D eigenvalue weighted by molar-refractivity contribution is 0.0472. The van der Waals surface area contributed by atoms with Gasteiger partial charge in [-0.3, -0.25) is 4.31 Å². The van der Waals surface area contributed by atoms with Crippen LogP contribution in [0.25, 0.3) is 0 Å². The second-order valence-corrected chi connectivity index (χ2v) is 7.71. The van der Waals surface area contributed by atoms with Crippen LogP contribution in [-0.4, -0.2) is 20.1 Å². The van der Waals surface area contributed by atoms with E-state index in [1.807, 2.05) is 12.1 Å². The van der Waals surface area contributed by atoms with E-state index in [-0.39, 0.29) is 6.54 Å². The van der Waals surface area contributed by atoms with Gasteiger partial charge in [-0.05, 0) is 38.0 Å². The summed E-state index contributed by atoms with van der Waals surface area (Å²) in [4.78, 5) is 0.311. The molecule has 1 N–H and O–H groups in total. The number of anilines is 1. The normalized spacial score (nSPS) is 21.5. The number of benzene rings is 2. The molecule has 0 fully saturated rings. The molecule has 3 rings (SSSR count). The fourth-order valence-electron chi connectivity index (χ4n) is 2.94.